The molecule has 0 aromatic heterocycles. The quantitative estimate of drug-likeness (QED) is 0.846. The predicted molar refractivity (Wildman–Crippen MR) is 79.2 cm³/mol. The summed E-state index contributed by atoms with van der Waals surface area (Å²) >= 11 is 0. The van der Waals surface area contributed by atoms with Gasteiger partial charge in [-0.15, -0.1) is 0 Å². The number of hydrogen-bond acceptors (Lipinski definition) is 6. The van der Waals surface area contributed by atoms with Crippen LogP contribution in [0.15, 0.2) is 24.3 Å². The van der Waals surface area contributed by atoms with Crippen molar-refractivity contribution in [2.75, 3.05) is 39.7 Å². The SMILES string of the molecule is COc1ccc([C@H](O)[C@@H]2N3CN4CN(C3)CP2(=O)C4)cc1. The Kier molecular flexibility index (Phi) is 3.14. The van der Waals surface area contributed by atoms with Gasteiger partial charge in [-0.3, -0.25) is 14.7 Å². The highest BCUT2D eigenvalue weighted by Gasteiger charge is 2.54. The zero-order valence-corrected chi connectivity index (χ0v) is 12.9. The number of ether oxygens (including phenoxy) is 1. The van der Waals surface area contributed by atoms with Crippen LogP contribution in [0, 0.1) is 0 Å². The van der Waals surface area contributed by atoms with E-state index in [0.717, 1.165) is 31.3 Å². The van der Waals surface area contributed by atoms with E-state index >= 15 is 0 Å². The lowest BCUT2D eigenvalue weighted by molar-refractivity contribution is -0.0762. The van der Waals surface area contributed by atoms with Gasteiger partial charge >= 0.3 is 0 Å². The summed E-state index contributed by atoms with van der Waals surface area (Å²) in [6, 6.07) is 7.41. The van der Waals surface area contributed by atoms with Crippen LogP contribution in [0.3, 0.4) is 0 Å². The lowest BCUT2D eigenvalue weighted by Crippen LogP contribution is -2.67. The van der Waals surface area contributed by atoms with Crippen LogP contribution in [0.25, 0.3) is 0 Å². The number of aliphatic hydroxyl groups is 1. The molecule has 6 nitrogen and oxygen atoms in total. The fourth-order valence-corrected chi connectivity index (χ4v) is 7.46. The molecule has 2 unspecified atom stereocenters. The van der Waals surface area contributed by atoms with Crippen LogP contribution in [0.4, 0.5) is 0 Å². The summed E-state index contributed by atoms with van der Waals surface area (Å²) in [5, 5.41) is 10.8. The smallest absolute Gasteiger partial charge is 0.134 e. The molecular formula is C14H20N3O3P. The van der Waals surface area contributed by atoms with E-state index in [2.05, 4.69) is 14.7 Å². The first-order valence-electron chi connectivity index (χ1n) is 7.18. The monoisotopic (exact) mass is 309 g/mol. The van der Waals surface area contributed by atoms with E-state index < -0.39 is 13.2 Å². The Bertz CT molecular complexity index is 576. The third-order valence-corrected chi connectivity index (χ3v) is 7.97. The normalized spacial score (nSPS) is 42.0. The molecule has 7 heteroatoms. The van der Waals surface area contributed by atoms with E-state index in [1.54, 1.807) is 7.11 Å². The van der Waals surface area contributed by atoms with E-state index in [-0.39, 0.29) is 5.78 Å². The van der Waals surface area contributed by atoms with Gasteiger partial charge < -0.3 is 14.4 Å². The number of nitrogens with zero attached hydrogens (tertiary/aromatic N) is 3. The lowest BCUT2D eigenvalue weighted by Gasteiger charge is -2.59. The van der Waals surface area contributed by atoms with E-state index in [1.807, 2.05) is 24.3 Å². The molecule has 4 fully saturated rings. The molecule has 21 heavy (non-hydrogen) atoms. The molecule has 0 radical (unpaired) electrons. The molecule has 0 amide bonds. The van der Waals surface area contributed by atoms with Gasteiger partial charge in [0.1, 0.15) is 19.0 Å². The first-order valence-corrected chi connectivity index (χ1v) is 9.32. The minimum Gasteiger partial charge on any atom is -0.497 e. The zero-order chi connectivity index (χ0) is 14.6. The average Bonchev–Trinajstić information content (AvgIpc) is 2.45. The molecule has 4 heterocycles. The lowest BCUT2D eigenvalue weighted by atomic mass is 10.1. The van der Waals surface area contributed by atoms with Gasteiger partial charge in [0, 0.05) is 0 Å². The maximum Gasteiger partial charge on any atom is 0.134 e. The molecule has 4 atom stereocenters. The van der Waals surface area contributed by atoms with Crippen molar-refractivity contribution in [3.05, 3.63) is 29.8 Å². The van der Waals surface area contributed by atoms with Gasteiger partial charge in [-0.05, 0) is 17.7 Å². The van der Waals surface area contributed by atoms with E-state index in [9.17, 15) is 9.67 Å². The summed E-state index contributed by atoms with van der Waals surface area (Å²) in [5.74, 6) is 0.513. The van der Waals surface area contributed by atoms with Gasteiger partial charge in [0.05, 0.1) is 45.5 Å². The molecule has 0 saturated carbocycles. The maximum atomic E-state index is 13.3. The van der Waals surface area contributed by atoms with Gasteiger partial charge in [-0.25, -0.2) is 0 Å². The van der Waals surface area contributed by atoms with Crippen molar-refractivity contribution in [1.82, 2.24) is 14.7 Å². The van der Waals surface area contributed by atoms with Gasteiger partial charge in [0.15, 0.2) is 0 Å². The topological polar surface area (TPSA) is 56.3 Å². The van der Waals surface area contributed by atoms with Gasteiger partial charge in [-0.2, -0.15) is 0 Å². The van der Waals surface area contributed by atoms with Crippen molar-refractivity contribution in [2.24, 2.45) is 0 Å². The highest BCUT2D eigenvalue weighted by atomic mass is 31.2. The number of benzene rings is 1. The highest BCUT2D eigenvalue weighted by molar-refractivity contribution is 7.64. The minimum atomic E-state index is -2.42. The van der Waals surface area contributed by atoms with Crippen LogP contribution in [0.2, 0.25) is 0 Å². The Balaban J connectivity index is 1.64. The van der Waals surface area contributed by atoms with E-state index in [0.29, 0.717) is 12.6 Å². The standard InChI is InChI=1S/C14H20N3O3P/c1-20-12-4-2-11(3-5-12)13(18)14-17-7-15-6-16(8-17)10-21(14,19)9-15/h2-5,13-14,18H,6-10H2,1H3/t13-,14+/m0/s1. The van der Waals surface area contributed by atoms with Crippen molar-refractivity contribution in [1.29, 1.82) is 0 Å². The minimum absolute atomic E-state index is 0.251. The van der Waals surface area contributed by atoms with Gasteiger partial charge in [0.2, 0.25) is 0 Å². The molecule has 4 saturated heterocycles. The second-order valence-corrected chi connectivity index (χ2v) is 9.22. The summed E-state index contributed by atoms with van der Waals surface area (Å²) in [4.78, 5) is 6.59. The fraction of sp³-hybridized carbons (Fsp3) is 0.571. The Labute approximate surface area is 124 Å². The summed E-state index contributed by atoms with van der Waals surface area (Å²) < 4.78 is 18.4. The second kappa shape index (κ2) is 4.80. The van der Waals surface area contributed by atoms with Crippen LogP contribution in [0.1, 0.15) is 11.7 Å². The summed E-state index contributed by atoms with van der Waals surface area (Å²) in [6.07, 6.45) is 0.569. The molecule has 1 aromatic carbocycles. The van der Waals surface area contributed by atoms with Crippen LogP contribution in [0.5, 0.6) is 5.75 Å². The number of rotatable bonds is 3. The molecule has 1 N–H and O–H groups in total. The first-order chi connectivity index (χ1) is 10.1. The van der Waals surface area contributed by atoms with Crippen molar-refractivity contribution in [2.45, 2.75) is 11.9 Å². The van der Waals surface area contributed by atoms with Crippen molar-refractivity contribution >= 4 is 7.14 Å². The summed E-state index contributed by atoms with van der Waals surface area (Å²) in [7, 11) is -0.803. The van der Waals surface area contributed by atoms with Crippen molar-refractivity contribution < 1.29 is 14.4 Å². The van der Waals surface area contributed by atoms with E-state index in [1.165, 1.54) is 0 Å². The molecule has 5 rings (SSSR count). The third-order valence-electron chi connectivity index (χ3n) is 4.64. The Hall–Kier alpha value is -0.910. The Morgan fingerprint density at radius 3 is 2.33 bits per heavy atom. The van der Waals surface area contributed by atoms with Crippen LogP contribution in [-0.4, -0.2) is 65.3 Å². The Morgan fingerprint density at radius 2 is 1.81 bits per heavy atom. The van der Waals surface area contributed by atoms with E-state index in [4.69, 9.17) is 4.74 Å². The Morgan fingerprint density at radius 1 is 1.19 bits per heavy atom. The second-order valence-electron chi connectivity index (χ2n) is 6.22. The third kappa shape index (κ3) is 2.14. The highest BCUT2D eigenvalue weighted by Crippen LogP contribution is 2.62. The van der Waals surface area contributed by atoms with Gasteiger partial charge in [0.25, 0.3) is 0 Å². The molecule has 4 bridgehead atoms. The predicted octanol–water partition coefficient (Wildman–Crippen LogP) is 1.15. The zero-order valence-electron chi connectivity index (χ0n) is 12.1. The molecule has 1 aromatic rings. The number of methoxy groups -OCH3 is 1. The van der Waals surface area contributed by atoms with Crippen LogP contribution < -0.4 is 4.74 Å². The first kappa shape index (κ1) is 13.7. The molecule has 4 aliphatic rings. The summed E-state index contributed by atoms with van der Waals surface area (Å²) in [5.41, 5.74) is 0.813. The molecular weight excluding hydrogens is 289 g/mol. The van der Waals surface area contributed by atoms with Crippen molar-refractivity contribution in [3.8, 4) is 5.75 Å². The molecule has 0 aliphatic carbocycles. The number of hydrogen-bond donors (Lipinski definition) is 1. The van der Waals surface area contributed by atoms with Gasteiger partial charge in [-0.1, -0.05) is 12.1 Å². The summed E-state index contributed by atoms with van der Waals surface area (Å²) in [6.45, 7) is 2.52. The van der Waals surface area contributed by atoms with Crippen LogP contribution in [-0.2, 0) is 4.57 Å². The fourth-order valence-electron chi connectivity index (χ4n) is 3.89. The van der Waals surface area contributed by atoms with Crippen LogP contribution >= 0.6 is 7.14 Å². The van der Waals surface area contributed by atoms with Crippen molar-refractivity contribution in [3.63, 3.8) is 0 Å². The molecule has 0 spiro atoms. The number of aliphatic hydroxyl groups excluding tert-OH is 1. The average molecular weight is 309 g/mol. The largest absolute Gasteiger partial charge is 0.497 e. The maximum absolute atomic E-state index is 13.3. The molecule has 4 aliphatic heterocycles. The molecule has 114 valence electrons.